The Hall–Kier alpha value is -1.67. The van der Waals surface area contributed by atoms with Gasteiger partial charge in [0.05, 0.1) is 12.6 Å². The minimum Gasteiger partial charge on any atom is -0.473 e. The molecule has 0 aromatic rings. The van der Waals surface area contributed by atoms with Gasteiger partial charge in [-0.05, 0) is 12.8 Å². The number of nitrogens with zero attached hydrogens (tertiary/aromatic N) is 1. The fourth-order valence-electron chi connectivity index (χ4n) is 1.30. The molecule has 0 saturated carbocycles. The molecule has 0 aliphatic carbocycles. The number of hydrogen-bond acceptors (Lipinski definition) is 5. The quantitative estimate of drug-likeness (QED) is 0.564. The summed E-state index contributed by atoms with van der Waals surface area (Å²) in [5.41, 5.74) is 0. The average molecular weight is 276 g/mol. The van der Waals surface area contributed by atoms with Gasteiger partial charge < -0.3 is 25.2 Å². The van der Waals surface area contributed by atoms with Crippen molar-refractivity contribution < 1.29 is 29.3 Å². The van der Waals surface area contributed by atoms with Crippen LogP contribution in [0.15, 0.2) is 0 Å². The molecular weight excluding hydrogens is 256 g/mol. The molecule has 1 aliphatic rings. The van der Waals surface area contributed by atoms with Gasteiger partial charge in [-0.1, -0.05) is 0 Å². The number of likely N-dealkylation sites (N-methyl/N-ethyl adjacent to an activating group) is 1. The molecule has 1 unspecified atom stereocenters. The van der Waals surface area contributed by atoms with E-state index in [1.165, 1.54) is 0 Å². The van der Waals surface area contributed by atoms with Crippen molar-refractivity contribution in [1.29, 1.82) is 0 Å². The van der Waals surface area contributed by atoms with Gasteiger partial charge in [0, 0.05) is 27.2 Å². The Kier molecular flexibility index (Phi) is 8.47. The Morgan fingerprint density at radius 2 is 1.84 bits per heavy atom. The van der Waals surface area contributed by atoms with Crippen LogP contribution in [0.1, 0.15) is 12.8 Å². The molecule has 1 atom stereocenters. The van der Waals surface area contributed by atoms with Crippen LogP contribution in [0.4, 0.5) is 0 Å². The number of hydrogen-bond donors (Lipinski definition) is 3. The standard InChI is InChI=1S/C9H18N2O2.C2H2O4/c1-11(2)9(12)7-10-6-8-4-3-5-13-8;3-1(4)2(5)6/h8,10H,3-7H2,1-2H3;(H,3,4)(H,5,6). The van der Waals surface area contributed by atoms with Gasteiger partial charge in [-0.25, -0.2) is 9.59 Å². The first kappa shape index (κ1) is 17.3. The molecule has 1 saturated heterocycles. The Bertz CT molecular complexity index is 300. The fraction of sp³-hybridized carbons (Fsp3) is 0.727. The second-order valence-corrected chi connectivity index (χ2v) is 4.16. The molecule has 0 aromatic carbocycles. The molecule has 0 aromatic heterocycles. The number of carbonyl (C=O) groups is 3. The third kappa shape index (κ3) is 8.97. The van der Waals surface area contributed by atoms with Gasteiger partial charge in [0.2, 0.25) is 5.91 Å². The third-order valence-corrected chi connectivity index (χ3v) is 2.35. The molecule has 8 heteroatoms. The van der Waals surface area contributed by atoms with Crippen molar-refractivity contribution in [1.82, 2.24) is 10.2 Å². The number of ether oxygens (including phenoxy) is 1. The lowest BCUT2D eigenvalue weighted by molar-refractivity contribution is -0.159. The second kappa shape index (κ2) is 9.29. The zero-order chi connectivity index (χ0) is 14.8. The van der Waals surface area contributed by atoms with Gasteiger partial charge in [-0.15, -0.1) is 0 Å². The summed E-state index contributed by atoms with van der Waals surface area (Å²) < 4.78 is 5.41. The third-order valence-electron chi connectivity index (χ3n) is 2.35. The van der Waals surface area contributed by atoms with E-state index in [0.29, 0.717) is 12.6 Å². The summed E-state index contributed by atoms with van der Waals surface area (Å²) in [5.74, 6) is -3.54. The number of rotatable bonds is 4. The van der Waals surface area contributed by atoms with Crippen molar-refractivity contribution in [3.63, 3.8) is 0 Å². The molecule has 1 rings (SSSR count). The highest BCUT2D eigenvalue weighted by molar-refractivity contribution is 6.27. The van der Waals surface area contributed by atoms with Crippen LogP contribution < -0.4 is 5.32 Å². The maximum atomic E-state index is 11.1. The smallest absolute Gasteiger partial charge is 0.414 e. The summed E-state index contributed by atoms with van der Waals surface area (Å²) in [6, 6.07) is 0. The van der Waals surface area contributed by atoms with E-state index in [2.05, 4.69) is 5.32 Å². The lowest BCUT2D eigenvalue weighted by Gasteiger charge is -2.13. The molecule has 19 heavy (non-hydrogen) atoms. The minimum absolute atomic E-state index is 0.109. The zero-order valence-electron chi connectivity index (χ0n) is 11.1. The van der Waals surface area contributed by atoms with E-state index in [0.717, 1.165) is 26.0 Å². The van der Waals surface area contributed by atoms with E-state index in [1.54, 1.807) is 19.0 Å². The first-order valence-electron chi connectivity index (χ1n) is 5.83. The summed E-state index contributed by atoms with van der Waals surface area (Å²) in [4.78, 5) is 30.9. The summed E-state index contributed by atoms with van der Waals surface area (Å²) in [6.07, 6.45) is 2.58. The minimum atomic E-state index is -1.82. The Labute approximate surface area is 111 Å². The Morgan fingerprint density at radius 1 is 1.26 bits per heavy atom. The summed E-state index contributed by atoms with van der Waals surface area (Å²) >= 11 is 0. The number of carboxylic acid groups (broad SMARTS) is 2. The largest absolute Gasteiger partial charge is 0.473 e. The van der Waals surface area contributed by atoms with Crippen molar-refractivity contribution in [3.8, 4) is 0 Å². The highest BCUT2D eigenvalue weighted by Gasteiger charge is 2.15. The van der Waals surface area contributed by atoms with E-state index in [9.17, 15) is 4.79 Å². The van der Waals surface area contributed by atoms with Gasteiger partial charge >= 0.3 is 11.9 Å². The summed E-state index contributed by atoms with van der Waals surface area (Å²) in [6.45, 7) is 2.07. The van der Waals surface area contributed by atoms with Crippen molar-refractivity contribution in [2.24, 2.45) is 0 Å². The molecular formula is C11H20N2O6. The van der Waals surface area contributed by atoms with Crippen molar-refractivity contribution in [2.75, 3.05) is 33.8 Å². The molecule has 110 valence electrons. The van der Waals surface area contributed by atoms with Crippen LogP contribution in [-0.2, 0) is 19.1 Å². The van der Waals surface area contributed by atoms with Gasteiger partial charge in [-0.2, -0.15) is 0 Å². The van der Waals surface area contributed by atoms with E-state index >= 15 is 0 Å². The van der Waals surface area contributed by atoms with E-state index in [4.69, 9.17) is 24.5 Å². The molecule has 3 N–H and O–H groups in total. The number of aliphatic carboxylic acids is 2. The van der Waals surface area contributed by atoms with Crippen LogP contribution in [0, 0.1) is 0 Å². The fourth-order valence-corrected chi connectivity index (χ4v) is 1.30. The highest BCUT2D eigenvalue weighted by atomic mass is 16.5. The summed E-state index contributed by atoms with van der Waals surface area (Å²) in [5, 5.41) is 17.9. The van der Waals surface area contributed by atoms with Crippen LogP contribution in [-0.4, -0.2) is 72.9 Å². The molecule has 0 spiro atoms. The highest BCUT2D eigenvalue weighted by Crippen LogP contribution is 2.10. The maximum absolute atomic E-state index is 11.1. The molecule has 0 radical (unpaired) electrons. The second-order valence-electron chi connectivity index (χ2n) is 4.16. The summed E-state index contributed by atoms with van der Waals surface area (Å²) in [7, 11) is 3.52. The number of carboxylic acids is 2. The van der Waals surface area contributed by atoms with E-state index in [1.807, 2.05) is 0 Å². The molecule has 1 fully saturated rings. The van der Waals surface area contributed by atoms with Gasteiger partial charge in [0.25, 0.3) is 0 Å². The lowest BCUT2D eigenvalue weighted by Crippen LogP contribution is -2.36. The van der Waals surface area contributed by atoms with Crippen LogP contribution in [0.5, 0.6) is 0 Å². The van der Waals surface area contributed by atoms with Gasteiger partial charge in [0.1, 0.15) is 0 Å². The van der Waals surface area contributed by atoms with Crippen LogP contribution >= 0.6 is 0 Å². The lowest BCUT2D eigenvalue weighted by atomic mass is 10.2. The molecule has 8 nitrogen and oxygen atoms in total. The van der Waals surface area contributed by atoms with Gasteiger partial charge in [0.15, 0.2) is 0 Å². The first-order valence-corrected chi connectivity index (χ1v) is 5.83. The van der Waals surface area contributed by atoms with Crippen LogP contribution in [0.2, 0.25) is 0 Å². The number of carbonyl (C=O) groups excluding carboxylic acids is 1. The maximum Gasteiger partial charge on any atom is 0.414 e. The van der Waals surface area contributed by atoms with Crippen LogP contribution in [0.25, 0.3) is 0 Å². The SMILES string of the molecule is CN(C)C(=O)CNCC1CCCO1.O=C(O)C(=O)O. The van der Waals surface area contributed by atoms with Crippen molar-refractivity contribution >= 4 is 17.8 Å². The zero-order valence-corrected chi connectivity index (χ0v) is 11.1. The predicted molar refractivity (Wildman–Crippen MR) is 65.8 cm³/mol. The van der Waals surface area contributed by atoms with Gasteiger partial charge in [-0.3, -0.25) is 4.79 Å². The normalized spacial score (nSPS) is 17.3. The molecule has 1 aliphatic heterocycles. The topological polar surface area (TPSA) is 116 Å². The molecule has 0 bridgehead atoms. The number of amides is 1. The van der Waals surface area contributed by atoms with Crippen molar-refractivity contribution in [3.05, 3.63) is 0 Å². The first-order chi connectivity index (χ1) is 8.84. The van der Waals surface area contributed by atoms with Crippen LogP contribution in [0.3, 0.4) is 0 Å². The molecule has 1 heterocycles. The molecule has 1 amide bonds. The average Bonchev–Trinajstić information content (AvgIpc) is 2.82. The van der Waals surface area contributed by atoms with E-state index < -0.39 is 11.9 Å². The predicted octanol–water partition coefficient (Wildman–Crippen LogP) is -1.00. The number of nitrogens with one attached hydrogen (secondary N) is 1. The Morgan fingerprint density at radius 3 is 2.21 bits per heavy atom. The Balaban J connectivity index is 0.000000459. The monoisotopic (exact) mass is 276 g/mol. The van der Waals surface area contributed by atoms with E-state index in [-0.39, 0.29) is 5.91 Å². The van der Waals surface area contributed by atoms with Crippen molar-refractivity contribution in [2.45, 2.75) is 18.9 Å².